The van der Waals surface area contributed by atoms with Crippen molar-refractivity contribution >= 4 is 47.3 Å². The van der Waals surface area contributed by atoms with Gasteiger partial charge in [-0.25, -0.2) is 18.4 Å². The molecule has 0 atom stereocenters. The Bertz CT molecular complexity index is 1830. The highest BCUT2D eigenvalue weighted by Gasteiger charge is 2.15. The molecule has 0 fully saturated rings. The summed E-state index contributed by atoms with van der Waals surface area (Å²) in [6, 6.07) is 22.5. The summed E-state index contributed by atoms with van der Waals surface area (Å²) in [4.78, 5) is 48.5. The maximum atomic E-state index is 13.4. The molecule has 0 aliphatic heterocycles. The van der Waals surface area contributed by atoms with Crippen molar-refractivity contribution in [1.29, 1.82) is 0 Å². The van der Waals surface area contributed by atoms with Crippen molar-refractivity contribution in [2.75, 3.05) is 31.5 Å². The quantitative estimate of drug-likeness (QED) is 0.162. The fourth-order valence-corrected chi connectivity index (χ4v) is 4.10. The second-order valence-corrected chi connectivity index (χ2v) is 10.2. The van der Waals surface area contributed by atoms with Gasteiger partial charge < -0.3 is 19.7 Å². The number of carbonyl (C=O) groups excluding carboxylic acids is 4. The highest BCUT2D eigenvalue weighted by atomic mass is 19.1. The van der Waals surface area contributed by atoms with Crippen LogP contribution in [-0.4, -0.2) is 45.0 Å². The van der Waals surface area contributed by atoms with Crippen LogP contribution in [0.3, 0.4) is 0 Å². The summed E-state index contributed by atoms with van der Waals surface area (Å²) in [6.07, 6.45) is 5.70. The van der Waals surface area contributed by atoms with Crippen LogP contribution in [-0.2, 0) is 19.1 Å². The van der Waals surface area contributed by atoms with Gasteiger partial charge in [-0.05, 0) is 109 Å². The summed E-state index contributed by atoms with van der Waals surface area (Å²) in [6.45, 7) is 3.28. The number of halogens is 2. The number of anilines is 2. The molecule has 0 saturated heterocycles. The average molecular weight is 641 g/mol. The van der Waals surface area contributed by atoms with Crippen molar-refractivity contribution < 1.29 is 37.4 Å². The Morgan fingerprint density at radius 2 is 1.19 bits per heavy atom. The number of nitrogens with one attached hydrogen (secondary N) is 1. The molecule has 1 N–H and O–H groups in total. The molecule has 0 radical (unpaired) electrons. The Morgan fingerprint density at radius 1 is 0.681 bits per heavy atom. The molecule has 0 aliphatic rings. The number of nitrogens with zero attached hydrogens (tertiary/aromatic N) is 1. The SMILES string of the molecule is COC(=O)/C=C/c1cccc(C(=O)N(C)c2ccc(F)c(C)c2)c1.COC(=O)/C=C/c1cccc(C(=O)Nc2ccc(F)c(C)c2)c1. The van der Waals surface area contributed by atoms with Gasteiger partial charge in [-0.2, -0.15) is 0 Å². The predicted molar refractivity (Wildman–Crippen MR) is 178 cm³/mol. The number of esters is 2. The van der Waals surface area contributed by atoms with E-state index in [1.807, 2.05) is 0 Å². The van der Waals surface area contributed by atoms with Crippen LogP contribution in [0.2, 0.25) is 0 Å². The number of ether oxygens (including phenoxy) is 2. The van der Waals surface area contributed by atoms with Crippen LogP contribution in [0, 0.1) is 25.5 Å². The molecule has 0 aliphatic carbocycles. The summed E-state index contributed by atoms with van der Waals surface area (Å²) < 4.78 is 35.7. The lowest BCUT2D eigenvalue weighted by atomic mass is 10.1. The Balaban J connectivity index is 0.000000256. The highest BCUT2D eigenvalue weighted by Crippen LogP contribution is 2.20. The monoisotopic (exact) mass is 640 g/mol. The van der Waals surface area contributed by atoms with Gasteiger partial charge in [-0.15, -0.1) is 0 Å². The predicted octanol–water partition coefficient (Wildman–Crippen LogP) is 7.17. The largest absolute Gasteiger partial charge is 0.466 e. The van der Waals surface area contributed by atoms with Crippen LogP contribution >= 0.6 is 0 Å². The van der Waals surface area contributed by atoms with Crippen molar-refractivity contribution in [3.63, 3.8) is 0 Å². The van der Waals surface area contributed by atoms with E-state index in [1.165, 1.54) is 49.5 Å². The first-order chi connectivity index (χ1) is 22.4. The molecule has 0 saturated carbocycles. The summed E-state index contributed by atoms with van der Waals surface area (Å²) >= 11 is 0. The van der Waals surface area contributed by atoms with Crippen LogP contribution in [0.15, 0.2) is 97.1 Å². The zero-order chi connectivity index (χ0) is 34.5. The molecule has 2 amide bonds. The first kappa shape index (κ1) is 35.6. The third kappa shape index (κ3) is 10.6. The number of hydrogen-bond donors (Lipinski definition) is 1. The molecular weight excluding hydrogens is 606 g/mol. The van der Waals surface area contributed by atoms with Gasteiger partial charge in [0, 0.05) is 41.7 Å². The molecule has 4 aromatic carbocycles. The van der Waals surface area contributed by atoms with Crippen LogP contribution in [0.1, 0.15) is 43.0 Å². The van der Waals surface area contributed by atoms with E-state index in [4.69, 9.17) is 0 Å². The number of amides is 2. The number of carbonyl (C=O) groups is 4. The number of hydrogen-bond acceptors (Lipinski definition) is 6. The minimum atomic E-state index is -0.471. The van der Waals surface area contributed by atoms with Gasteiger partial charge >= 0.3 is 11.9 Å². The molecule has 4 rings (SSSR count). The van der Waals surface area contributed by atoms with Gasteiger partial charge in [0.15, 0.2) is 0 Å². The summed E-state index contributed by atoms with van der Waals surface area (Å²) in [5, 5.41) is 2.71. The molecule has 10 heteroatoms. The van der Waals surface area contributed by atoms with Crippen LogP contribution in [0.4, 0.5) is 20.2 Å². The molecule has 0 spiro atoms. The number of rotatable bonds is 8. The number of benzene rings is 4. The molecule has 0 bridgehead atoms. The third-order valence-corrected chi connectivity index (χ3v) is 6.76. The lowest BCUT2D eigenvalue weighted by Gasteiger charge is -2.18. The minimum absolute atomic E-state index is 0.227. The molecule has 0 heterocycles. The maximum Gasteiger partial charge on any atom is 0.330 e. The smallest absolute Gasteiger partial charge is 0.330 e. The van der Waals surface area contributed by atoms with Crippen molar-refractivity contribution in [2.24, 2.45) is 0 Å². The molecule has 242 valence electrons. The first-order valence-corrected chi connectivity index (χ1v) is 14.3. The van der Waals surface area contributed by atoms with Crippen LogP contribution < -0.4 is 10.2 Å². The van der Waals surface area contributed by atoms with Crippen molar-refractivity contribution in [3.05, 3.63) is 142 Å². The molecule has 0 unspecified atom stereocenters. The molecular formula is C37H34F2N2O6. The zero-order valence-corrected chi connectivity index (χ0v) is 26.5. The second-order valence-electron chi connectivity index (χ2n) is 10.2. The van der Waals surface area contributed by atoms with Crippen molar-refractivity contribution in [3.8, 4) is 0 Å². The average Bonchev–Trinajstić information content (AvgIpc) is 3.08. The lowest BCUT2D eigenvalue weighted by molar-refractivity contribution is -0.135. The van der Waals surface area contributed by atoms with E-state index in [0.29, 0.717) is 44.8 Å². The second kappa shape index (κ2) is 17.0. The molecule has 47 heavy (non-hydrogen) atoms. The van der Waals surface area contributed by atoms with Gasteiger partial charge in [0.1, 0.15) is 11.6 Å². The maximum absolute atomic E-state index is 13.4. The van der Waals surface area contributed by atoms with Gasteiger partial charge in [-0.1, -0.05) is 24.3 Å². The van der Waals surface area contributed by atoms with E-state index < -0.39 is 11.9 Å². The van der Waals surface area contributed by atoms with Crippen molar-refractivity contribution in [1.82, 2.24) is 0 Å². The summed E-state index contributed by atoms with van der Waals surface area (Å²) in [7, 11) is 4.22. The Hall–Kier alpha value is -5.90. The lowest BCUT2D eigenvalue weighted by Crippen LogP contribution is -2.26. The van der Waals surface area contributed by atoms with Gasteiger partial charge in [0.05, 0.1) is 14.2 Å². The van der Waals surface area contributed by atoms with Crippen LogP contribution in [0.5, 0.6) is 0 Å². The van der Waals surface area contributed by atoms with E-state index in [2.05, 4.69) is 14.8 Å². The molecule has 0 aromatic heterocycles. The standard InChI is InChI=1S/C19H18FNO3.C18H16FNO3/c1-13-11-16(8-9-17(13)20)21(2)19(23)15-6-4-5-14(12-15)7-10-18(22)24-3;1-12-10-15(7-8-16(12)19)20-18(22)14-5-3-4-13(11-14)6-9-17(21)23-2/h4-12H,1-3H3;3-11H,1-2H3,(H,20,22)/b10-7+;9-6+. The van der Waals surface area contributed by atoms with Crippen molar-refractivity contribution in [2.45, 2.75) is 13.8 Å². The van der Waals surface area contributed by atoms with Crippen LogP contribution in [0.25, 0.3) is 12.2 Å². The highest BCUT2D eigenvalue weighted by molar-refractivity contribution is 6.06. The van der Waals surface area contributed by atoms with Gasteiger partial charge in [0.2, 0.25) is 0 Å². The van der Waals surface area contributed by atoms with E-state index in [-0.39, 0.29) is 23.4 Å². The Kier molecular flexibility index (Phi) is 12.8. The van der Waals surface area contributed by atoms with E-state index >= 15 is 0 Å². The van der Waals surface area contributed by atoms with E-state index in [1.54, 1.807) is 99.8 Å². The topological polar surface area (TPSA) is 102 Å². The van der Waals surface area contributed by atoms with E-state index in [9.17, 15) is 28.0 Å². The number of methoxy groups -OCH3 is 2. The van der Waals surface area contributed by atoms with Gasteiger partial charge in [-0.3, -0.25) is 9.59 Å². The van der Waals surface area contributed by atoms with E-state index in [0.717, 1.165) is 0 Å². The minimum Gasteiger partial charge on any atom is -0.466 e. The van der Waals surface area contributed by atoms with Gasteiger partial charge in [0.25, 0.3) is 11.8 Å². The summed E-state index contributed by atoms with van der Waals surface area (Å²) in [5.41, 5.74) is 4.34. The molecule has 8 nitrogen and oxygen atoms in total. The first-order valence-electron chi connectivity index (χ1n) is 14.3. The summed E-state index contributed by atoms with van der Waals surface area (Å²) in [5.74, 6) is -2.11. The number of aryl methyl sites for hydroxylation is 2. The zero-order valence-electron chi connectivity index (χ0n) is 26.5. The Morgan fingerprint density at radius 3 is 1.72 bits per heavy atom. The molecule has 4 aromatic rings. The third-order valence-electron chi connectivity index (χ3n) is 6.76. The normalized spacial score (nSPS) is 10.6. The fourth-order valence-electron chi connectivity index (χ4n) is 4.10. The Labute approximate surface area is 271 Å². The fraction of sp³-hybridized carbons (Fsp3) is 0.135.